The van der Waals surface area contributed by atoms with Gasteiger partial charge in [-0.15, -0.1) is 11.3 Å². The highest BCUT2D eigenvalue weighted by Gasteiger charge is 2.48. The molecular weight excluding hydrogens is 338 g/mol. The van der Waals surface area contributed by atoms with Crippen molar-refractivity contribution in [1.29, 1.82) is 0 Å². The van der Waals surface area contributed by atoms with E-state index in [1.807, 2.05) is 0 Å². The van der Waals surface area contributed by atoms with Gasteiger partial charge in [-0.2, -0.15) is 0 Å². The zero-order valence-corrected chi connectivity index (χ0v) is 17.0. The maximum absolute atomic E-state index is 13.2. The summed E-state index contributed by atoms with van der Waals surface area (Å²) >= 11 is 1.74. The fourth-order valence-corrected chi connectivity index (χ4v) is 6.81. The first-order chi connectivity index (χ1) is 12.4. The summed E-state index contributed by atoms with van der Waals surface area (Å²) in [5.74, 6) is 1.60. The number of Topliss-reactive ketones (excluding diaryl/α,β-unsaturated/α-hetero) is 1. The molecule has 2 bridgehead atoms. The average Bonchev–Trinajstić information content (AvgIpc) is 3.21. The van der Waals surface area contributed by atoms with E-state index in [9.17, 15) is 4.79 Å². The lowest BCUT2D eigenvalue weighted by Gasteiger charge is -2.56. The van der Waals surface area contributed by atoms with E-state index in [4.69, 9.17) is 0 Å². The highest BCUT2D eigenvalue weighted by atomic mass is 32.1. The minimum atomic E-state index is 0.167. The van der Waals surface area contributed by atoms with Gasteiger partial charge in [0.2, 0.25) is 0 Å². The third kappa shape index (κ3) is 2.51. The second-order valence-electron chi connectivity index (χ2n) is 9.61. The second-order valence-corrected chi connectivity index (χ2v) is 10.7. The molecule has 3 heteroatoms. The van der Waals surface area contributed by atoms with Gasteiger partial charge in [0.05, 0.1) is 4.88 Å². The molecule has 0 N–H and O–H groups in total. The van der Waals surface area contributed by atoms with Crippen LogP contribution in [0.1, 0.15) is 68.1 Å². The van der Waals surface area contributed by atoms with Crippen LogP contribution in [-0.4, -0.2) is 29.3 Å². The summed E-state index contributed by atoms with van der Waals surface area (Å²) in [5.41, 5.74) is 1.98. The molecule has 3 aliphatic heterocycles. The van der Waals surface area contributed by atoms with Crippen LogP contribution in [0.25, 0.3) is 10.1 Å². The van der Waals surface area contributed by atoms with Crippen LogP contribution in [0.5, 0.6) is 0 Å². The minimum Gasteiger partial charge on any atom is -0.298 e. The highest BCUT2D eigenvalue weighted by molar-refractivity contribution is 7.21. The lowest BCUT2D eigenvalue weighted by molar-refractivity contribution is -0.0643. The summed E-state index contributed by atoms with van der Waals surface area (Å²) in [6.07, 6.45) is 5.82. The third-order valence-electron chi connectivity index (χ3n) is 7.71. The Kier molecular flexibility index (Phi) is 3.68. The van der Waals surface area contributed by atoms with E-state index in [-0.39, 0.29) is 5.54 Å². The van der Waals surface area contributed by atoms with Crippen molar-refractivity contribution >= 4 is 27.2 Å². The lowest BCUT2D eigenvalue weighted by atomic mass is 9.65. The molecule has 4 fully saturated rings. The Labute approximate surface area is 160 Å². The standard InChI is InChI=1S/C23H29NOS/c1-22(2)18(15-7-11-24(22)12-8-15)14-19(25)20-13-16-5-4-6-17(21(16)26-20)23(3)9-10-23/h4-6,13,15,18H,7-12,14H2,1-3H3/t18-/m1/s1. The summed E-state index contributed by atoms with van der Waals surface area (Å²) in [7, 11) is 0. The molecule has 4 aliphatic rings. The Morgan fingerprint density at radius 2 is 1.92 bits per heavy atom. The number of fused-ring (bicyclic) bond motifs is 4. The zero-order chi connectivity index (χ0) is 18.1. The molecule has 1 aromatic heterocycles. The Morgan fingerprint density at radius 1 is 1.19 bits per heavy atom. The summed E-state index contributed by atoms with van der Waals surface area (Å²) in [4.78, 5) is 16.8. The summed E-state index contributed by atoms with van der Waals surface area (Å²) in [5, 5.41) is 1.26. The number of carbonyl (C=O) groups is 1. The second kappa shape index (κ2) is 5.65. The Bertz CT molecular complexity index is 867. The van der Waals surface area contributed by atoms with E-state index in [1.165, 1.54) is 54.4 Å². The molecule has 2 aromatic rings. The number of carbonyl (C=O) groups excluding carboxylic acids is 1. The van der Waals surface area contributed by atoms with Gasteiger partial charge in [0.15, 0.2) is 5.78 Å². The fourth-order valence-electron chi connectivity index (χ4n) is 5.54. The van der Waals surface area contributed by atoms with Crippen LogP contribution >= 0.6 is 11.3 Å². The molecule has 1 aliphatic carbocycles. The van der Waals surface area contributed by atoms with Crippen molar-refractivity contribution in [2.24, 2.45) is 11.8 Å². The zero-order valence-electron chi connectivity index (χ0n) is 16.2. The van der Waals surface area contributed by atoms with Gasteiger partial charge in [-0.1, -0.05) is 25.1 Å². The minimum absolute atomic E-state index is 0.167. The Balaban J connectivity index is 1.44. The largest absolute Gasteiger partial charge is 0.298 e. The Hall–Kier alpha value is -1.19. The van der Waals surface area contributed by atoms with Gasteiger partial charge in [0.25, 0.3) is 0 Å². The van der Waals surface area contributed by atoms with Crippen LogP contribution < -0.4 is 0 Å². The molecular formula is C23H29NOS. The van der Waals surface area contributed by atoms with Crippen LogP contribution in [0.3, 0.4) is 0 Å². The van der Waals surface area contributed by atoms with Crippen molar-refractivity contribution in [2.75, 3.05) is 13.1 Å². The number of thiophene rings is 1. The van der Waals surface area contributed by atoms with E-state index in [1.54, 1.807) is 11.3 Å². The van der Waals surface area contributed by atoms with Crippen molar-refractivity contribution in [3.8, 4) is 0 Å². The first kappa shape index (κ1) is 16.9. The number of piperidine rings is 3. The molecule has 1 aromatic carbocycles. The SMILES string of the molecule is CC1(c2cccc3cc(C(=O)C[C@@H]4C5CCN(CC5)C4(C)C)sc23)CC1. The molecule has 0 unspecified atom stereocenters. The first-order valence-corrected chi connectivity index (χ1v) is 11.0. The number of hydrogen-bond donors (Lipinski definition) is 0. The maximum Gasteiger partial charge on any atom is 0.173 e. The molecule has 0 spiro atoms. The van der Waals surface area contributed by atoms with Crippen LogP contribution in [0.15, 0.2) is 24.3 Å². The van der Waals surface area contributed by atoms with Gasteiger partial charge in [-0.25, -0.2) is 0 Å². The molecule has 2 nitrogen and oxygen atoms in total. The van der Waals surface area contributed by atoms with Gasteiger partial charge in [-0.3, -0.25) is 9.69 Å². The van der Waals surface area contributed by atoms with Crippen LogP contribution in [0, 0.1) is 11.8 Å². The molecule has 6 rings (SSSR count). The van der Waals surface area contributed by atoms with Crippen molar-refractivity contribution in [3.63, 3.8) is 0 Å². The summed E-state index contributed by atoms with van der Waals surface area (Å²) in [6, 6.07) is 8.78. The van der Waals surface area contributed by atoms with Crippen molar-refractivity contribution in [3.05, 3.63) is 34.7 Å². The lowest BCUT2D eigenvalue weighted by Crippen LogP contribution is -2.61. The number of benzene rings is 1. The number of rotatable bonds is 4. The van der Waals surface area contributed by atoms with E-state index >= 15 is 0 Å². The molecule has 1 atom stereocenters. The predicted octanol–water partition coefficient (Wildman–Crippen LogP) is 5.65. The third-order valence-corrected chi connectivity index (χ3v) is 8.93. The number of nitrogens with zero attached hydrogens (tertiary/aromatic N) is 1. The van der Waals surface area contributed by atoms with Crippen LogP contribution in [0.2, 0.25) is 0 Å². The molecule has 0 amide bonds. The highest BCUT2D eigenvalue weighted by Crippen LogP contribution is 2.51. The summed E-state index contributed by atoms with van der Waals surface area (Å²) < 4.78 is 1.35. The normalized spacial score (nSPS) is 31.3. The van der Waals surface area contributed by atoms with Crippen molar-refractivity contribution in [2.45, 2.75) is 63.8 Å². The van der Waals surface area contributed by atoms with Gasteiger partial charge < -0.3 is 0 Å². The number of ketones is 1. The van der Waals surface area contributed by atoms with Crippen molar-refractivity contribution < 1.29 is 4.79 Å². The van der Waals surface area contributed by atoms with Gasteiger partial charge in [0, 0.05) is 16.7 Å². The summed E-state index contributed by atoms with van der Waals surface area (Å²) in [6.45, 7) is 9.50. The maximum atomic E-state index is 13.2. The van der Waals surface area contributed by atoms with Crippen LogP contribution in [-0.2, 0) is 5.41 Å². The molecule has 0 radical (unpaired) electrons. The van der Waals surface area contributed by atoms with E-state index in [0.717, 1.165) is 10.8 Å². The van der Waals surface area contributed by atoms with Crippen LogP contribution in [0.4, 0.5) is 0 Å². The molecule has 138 valence electrons. The Morgan fingerprint density at radius 3 is 2.58 bits per heavy atom. The van der Waals surface area contributed by atoms with Crippen molar-refractivity contribution in [1.82, 2.24) is 4.90 Å². The molecule has 26 heavy (non-hydrogen) atoms. The first-order valence-electron chi connectivity index (χ1n) is 10.2. The fraction of sp³-hybridized carbons (Fsp3) is 0.609. The average molecular weight is 368 g/mol. The molecule has 4 heterocycles. The molecule has 1 saturated carbocycles. The van der Waals surface area contributed by atoms with E-state index in [2.05, 4.69) is 49.9 Å². The van der Waals surface area contributed by atoms with E-state index in [0.29, 0.717) is 23.5 Å². The van der Waals surface area contributed by atoms with E-state index < -0.39 is 0 Å². The topological polar surface area (TPSA) is 20.3 Å². The molecule has 3 saturated heterocycles. The van der Waals surface area contributed by atoms with Gasteiger partial charge in [0.1, 0.15) is 0 Å². The monoisotopic (exact) mass is 367 g/mol. The quantitative estimate of drug-likeness (QED) is 0.651. The van der Waals surface area contributed by atoms with Gasteiger partial charge in [-0.05, 0) is 86.9 Å². The number of hydrogen-bond acceptors (Lipinski definition) is 3. The predicted molar refractivity (Wildman–Crippen MR) is 109 cm³/mol. The van der Waals surface area contributed by atoms with Gasteiger partial charge >= 0.3 is 0 Å². The smallest absolute Gasteiger partial charge is 0.173 e.